The lowest BCUT2D eigenvalue weighted by Crippen LogP contribution is -2.69. The van der Waals surface area contributed by atoms with Gasteiger partial charge in [0.05, 0.1) is 59.3 Å². The van der Waals surface area contributed by atoms with Gasteiger partial charge in [-0.15, -0.1) is 0 Å². The standard InChI is InChI=1S/C43H46Cl2N6O6/c1-50-31-11-13-51(24-41-20-43(21-41,22-41)39(54)57-4)16-30(31)48-36(50)37(52)49-29-7-5-6-27(33(29)44)28-10-12-47-35(34(28)45)25-8-9-26(32(14-25)55-2)15-46-23-40-17-42(18-40,19-40)38(53)56-3/h5-10,12,14,46H,11,13,15-24H2,1-4H3,(H,49,52). The molecule has 0 atom stereocenters. The molecule has 6 fully saturated rings. The van der Waals surface area contributed by atoms with Gasteiger partial charge < -0.3 is 29.4 Å². The highest BCUT2D eigenvalue weighted by atomic mass is 35.5. The number of amides is 1. The van der Waals surface area contributed by atoms with E-state index >= 15 is 0 Å². The van der Waals surface area contributed by atoms with Gasteiger partial charge in [0.1, 0.15) is 5.75 Å². The molecule has 12 nitrogen and oxygen atoms in total. The Labute approximate surface area is 341 Å². The van der Waals surface area contributed by atoms with Gasteiger partial charge in [-0.3, -0.25) is 24.3 Å². The van der Waals surface area contributed by atoms with Gasteiger partial charge in [0, 0.05) is 80.3 Å². The molecule has 6 aliphatic carbocycles. The molecule has 11 rings (SSSR count). The van der Waals surface area contributed by atoms with Gasteiger partial charge in [0.25, 0.3) is 5.91 Å². The van der Waals surface area contributed by atoms with E-state index in [9.17, 15) is 14.4 Å². The molecule has 2 aromatic heterocycles. The number of hydrogen-bond donors (Lipinski definition) is 2. The largest absolute Gasteiger partial charge is 0.496 e. The number of halogens is 2. The number of rotatable bonds is 13. The number of anilines is 1. The molecule has 57 heavy (non-hydrogen) atoms. The van der Waals surface area contributed by atoms with E-state index in [-0.39, 0.29) is 39.5 Å². The minimum Gasteiger partial charge on any atom is -0.496 e. The number of aromatic nitrogens is 3. The van der Waals surface area contributed by atoms with E-state index in [1.165, 1.54) is 14.2 Å². The van der Waals surface area contributed by atoms with Crippen molar-refractivity contribution in [2.75, 3.05) is 46.3 Å². The fraction of sp³-hybridized carbons (Fsp3) is 0.465. The Kier molecular flexibility index (Phi) is 9.23. The highest BCUT2D eigenvalue weighted by Crippen LogP contribution is 2.74. The van der Waals surface area contributed by atoms with Crippen molar-refractivity contribution in [1.29, 1.82) is 0 Å². The first-order valence-electron chi connectivity index (χ1n) is 19.4. The number of methoxy groups -OCH3 is 3. The first-order chi connectivity index (χ1) is 27.4. The van der Waals surface area contributed by atoms with Gasteiger partial charge in [-0.2, -0.15) is 0 Å². The van der Waals surface area contributed by atoms with Crippen LogP contribution >= 0.6 is 23.2 Å². The predicted molar refractivity (Wildman–Crippen MR) is 215 cm³/mol. The number of esters is 2. The van der Waals surface area contributed by atoms with Crippen LogP contribution in [0.25, 0.3) is 22.4 Å². The number of fused-ring (bicyclic) bond motifs is 1. The Morgan fingerprint density at radius 1 is 0.877 bits per heavy atom. The lowest BCUT2D eigenvalue weighted by Gasteiger charge is -2.69. The summed E-state index contributed by atoms with van der Waals surface area (Å²) in [7, 11) is 6.46. The third-order valence-electron chi connectivity index (χ3n) is 13.4. The highest BCUT2D eigenvalue weighted by molar-refractivity contribution is 6.39. The minimum atomic E-state index is -0.352. The number of benzene rings is 2. The van der Waals surface area contributed by atoms with E-state index in [0.717, 1.165) is 87.1 Å². The third kappa shape index (κ3) is 6.13. The van der Waals surface area contributed by atoms with Crippen molar-refractivity contribution in [2.24, 2.45) is 28.7 Å². The molecule has 4 bridgehead atoms. The van der Waals surface area contributed by atoms with Crippen molar-refractivity contribution in [3.63, 3.8) is 0 Å². The Morgan fingerprint density at radius 2 is 1.56 bits per heavy atom. The van der Waals surface area contributed by atoms with Crippen molar-refractivity contribution in [3.05, 3.63) is 81.5 Å². The number of carbonyl (C=O) groups excluding carboxylic acids is 3. The molecule has 0 saturated heterocycles. The molecular weight excluding hydrogens is 767 g/mol. The number of nitrogens with one attached hydrogen (secondary N) is 2. The van der Waals surface area contributed by atoms with Gasteiger partial charge in [0.15, 0.2) is 5.82 Å². The number of ether oxygens (including phenoxy) is 3. The second kappa shape index (κ2) is 13.8. The van der Waals surface area contributed by atoms with Crippen LogP contribution in [0.4, 0.5) is 5.69 Å². The summed E-state index contributed by atoms with van der Waals surface area (Å²) in [5, 5.41) is 7.33. The Balaban J connectivity index is 0.863. The molecule has 2 aromatic carbocycles. The summed E-state index contributed by atoms with van der Waals surface area (Å²) < 4.78 is 17.7. The van der Waals surface area contributed by atoms with Gasteiger partial charge >= 0.3 is 11.9 Å². The molecule has 7 aliphatic rings. The summed E-state index contributed by atoms with van der Waals surface area (Å²) >= 11 is 14.1. The van der Waals surface area contributed by atoms with Crippen LogP contribution in [0.3, 0.4) is 0 Å². The first kappa shape index (κ1) is 38.1. The van der Waals surface area contributed by atoms with Crippen molar-refractivity contribution < 1.29 is 28.6 Å². The van der Waals surface area contributed by atoms with E-state index < -0.39 is 0 Å². The smallest absolute Gasteiger partial charge is 0.311 e. The first-order valence-corrected chi connectivity index (χ1v) is 20.2. The molecule has 2 N–H and O–H groups in total. The number of hydrogen-bond acceptors (Lipinski definition) is 10. The average molecular weight is 814 g/mol. The summed E-state index contributed by atoms with van der Waals surface area (Å²) in [5.74, 6) is 0.518. The number of imidazole rings is 1. The molecule has 0 spiro atoms. The van der Waals surface area contributed by atoms with Crippen molar-refractivity contribution in [1.82, 2.24) is 24.8 Å². The molecule has 1 amide bonds. The fourth-order valence-electron chi connectivity index (χ4n) is 11.0. The molecule has 0 radical (unpaired) electrons. The Bertz CT molecular complexity index is 2300. The maximum atomic E-state index is 13.8. The van der Waals surface area contributed by atoms with Crippen LogP contribution in [-0.2, 0) is 45.6 Å². The van der Waals surface area contributed by atoms with Crippen molar-refractivity contribution in [2.45, 2.75) is 58.0 Å². The van der Waals surface area contributed by atoms with Gasteiger partial charge in [-0.05, 0) is 67.6 Å². The van der Waals surface area contributed by atoms with Crippen LogP contribution in [-0.4, -0.2) is 78.2 Å². The van der Waals surface area contributed by atoms with Gasteiger partial charge in [-0.25, -0.2) is 4.98 Å². The SMILES string of the molecule is COC(=O)C12CC(CNCc3ccc(-c4nccc(-c5cccc(NC(=O)c6nc7c(n6C)CCN(CC68CC(C(=O)OC)(C6)C8)C7)c5Cl)c4Cl)cc3OC)(C1)C2. The molecule has 1 aliphatic heterocycles. The molecule has 0 unspecified atom stereocenters. The summed E-state index contributed by atoms with van der Waals surface area (Å²) in [6.07, 6.45) is 7.79. The quantitative estimate of drug-likeness (QED) is 0.138. The third-order valence-corrected chi connectivity index (χ3v) is 14.2. The zero-order valence-electron chi connectivity index (χ0n) is 32.6. The van der Waals surface area contributed by atoms with E-state index in [1.807, 2.05) is 48.0 Å². The van der Waals surface area contributed by atoms with Gasteiger partial charge in [0.2, 0.25) is 0 Å². The van der Waals surface area contributed by atoms with Crippen molar-refractivity contribution >= 4 is 46.7 Å². The van der Waals surface area contributed by atoms with Gasteiger partial charge in [-0.1, -0.05) is 47.5 Å². The topological polar surface area (TPSA) is 137 Å². The monoisotopic (exact) mass is 812 g/mol. The predicted octanol–water partition coefficient (Wildman–Crippen LogP) is 6.85. The fourth-order valence-corrected chi connectivity index (χ4v) is 11.6. The molecule has 6 saturated carbocycles. The zero-order valence-corrected chi connectivity index (χ0v) is 34.1. The lowest BCUT2D eigenvalue weighted by molar-refractivity contribution is -0.231. The molecule has 298 valence electrons. The lowest BCUT2D eigenvalue weighted by atomic mass is 9.35. The van der Waals surface area contributed by atoms with Crippen LogP contribution in [0.2, 0.25) is 10.0 Å². The molecule has 4 aromatic rings. The second-order valence-corrected chi connectivity index (χ2v) is 18.0. The molecule has 3 heterocycles. The number of nitrogens with zero attached hydrogens (tertiary/aromatic N) is 4. The second-order valence-electron chi connectivity index (χ2n) is 17.2. The van der Waals surface area contributed by atoms with E-state index in [1.54, 1.807) is 19.4 Å². The summed E-state index contributed by atoms with van der Waals surface area (Å²) in [6.45, 7) is 3.90. The number of carbonyl (C=O) groups is 3. The maximum Gasteiger partial charge on any atom is 0.311 e. The molecular formula is C43H46Cl2N6O6. The normalized spacial score (nSPS) is 26.5. The van der Waals surface area contributed by atoms with Crippen LogP contribution in [0.15, 0.2) is 48.7 Å². The van der Waals surface area contributed by atoms with Crippen LogP contribution in [0, 0.1) is 21.7 Å². The number of pyridine rings is 1. The van der Waals surface area contributed by atoms with Crippen molar-refractivity contribution in [3.8, 4) is 28.1 Å². The Morgan fingerprint density at radius 3 is 2.25 bits per heavy atom. The highest BCUT2D eigenvalue weighted by Gasteiger charge is 2.72. The van der Waals surface area contributed by atoms with Crippen LogP contribution in [0.1, 0.15) is 66.1 Å². The van der Waals surface area contributed by atoms with E-state index in [4.69, 9.17) is 42.4 Å². The van der Waals surface area contributed by atoms with Crippen LogP contribution < -0.4 is 15.4 Å². The molecule has 14 heteroatoms. The van der Waals surface area contributed by atoms with Crippen LogP contribution in [0.5, 0.6) is 5.75 Å². The minimum absolute atomic E-state index is 0.0778. The zero-order chi connectivity index (χ0) is 39.9. The summed E-state index contributed by atoms with van der Waals surface area (Å²) in [4.78, 5) is 49.8. The Hall–Kier alpha value is -4.49. The van der Waals surface area contributed by atoms with E-state index in [0.29, 0.717) is 57.2 Å². The summed E-state index contributed by atoms with van der Waals surface area (Å²) in [5.41, 5.74) is 5.93. The summed E-state index contributed by atoms with van der Waals surface area (Å²) in [6, 6.07) is 13.2. The maximum absolute atomic E-state index is 13.8. The average Bonchev–Trinajstić information content (AvgIpc) is 3.48. The van der Waals surface area contributed by atoms with E-state index in [2.05, 4.69) is 20.5 Å².